The Labute approximate surface area is 93.7 Å². The van der Waals surface area contributed by atoms with Gasteiger partial charge in [-0.25, -0.2) is 0 Å². The summed E-state index contributed by atoms with van der Waals surface area (Å²) in [6, 6.07) is 10.2. The SMILES string of the molecule is COc1cccc(C(=O)CC(C#N)C#N)c1. The molecule has 1 aromatic carbocycles. The molecule has 0 aliphatic carbocycles. The zero-order valence-corrected chi connectivity index (χ0v) is 8.80. The van der Waals surface area contributed by atoms with E-state index in [1.54, 1.807) is 36.4 Å². The van der Waals surface area contributed by atoms with Gasteiger partial charge in [0.05, 0.1) is 19.2 Å². The molecule has 4 nitrogen and oxygen atoms in total. The van der Waals surface area contributed by atoms with Crippen molar-refractivity contribution in [2.24, 2.45) is 5.92 Å². The third-order valence-corrected chi connectivity index (χ3v) is 2.09. The van der Waals surface area contributed by atoms with Gasteiger partial charge in [-0.05, 0) is 12.1 Å². The van der Waals surface area contributed by atoms with Crippen LogP contribution < -0.4 is 4.74 Å². The molecular formula is C12H10N2O2. The first-order valence-corrected chi connectivity index (χ1v) is 4.67. The number of ether oxygens (including phenoxy) is 1. The van der Waals surface area contributed by atoms with E-state index < -0.39 is 5.92 Å². The molecule has 0 saturated carbocycles. The predicted molar refractivity (Wildman–Crippen MR) is 56.7 cm³/mol. The fourth-order valence-electron chi connectivity index (χ4n) is 1.22. The third kappa shape index (κ3) is 2.83. The van der Waals surface area contributed by atoms with E-state index in [0.717, 1.165) is 0 Å². The highest BCUT2D eigenvalue weighted by Gasteiger charge is 2.14. The summed E-state index contributed by atoms with van der Waals surface area (Å²) in [5, 5.41) is 17.1. The largest absolute Gasteiger partial charge is 0.497 e. The number of benzene rings is 1. The summed E-state index contributed by atoms with van der Waals surface area (Å²) in [5.41, 5.74) is 0.454. The normalized spacial score (nSPS) is 9.25. The summed E-state index contributed by atoms with van der Waals surface area (Å²) in [5.74, 6) is -0.540. The number of carbonyl (C=O) groups excluding carboxylic acids is 1. The molecule has 0 aliphatic heterocycles. The Bertz CT molecular complexity index is 455. The molecule has 1 aromatic rings. The standard InChI is InChI=1S/C12H10N2O2/c1-16-11-4-2-3-10(6-11)12(15)5-9(7-13)8-14/h2-4,6,9H,5H2,1H3. The Morgan fingerprint density at radius 3 is 2.69 bits per heavy atom. The van der Waals surface area contributed by atoms with E-state index in [1.165, 1.54) is 7.11 Å². The maximum absolute atomic E-state index is 11.7. The number of nitriles is 2. The lowest BCUT2D eigenvalue weighted by molar-refractivity contribution is 0.0976. The molecule has 16 heavy (non-hydrogen) atoms. The van der Waals surface area contributed by atoms with Crippen molar-refractivity contribution in [3.05, 3.63) is 29.8 Å². The smallest absolute Gasteiger partial charge is 0.165 e. The first kappa shape index (κ1) is 11.7. The van der Waals surface area contributed by atoms with Crippen LogP contribution >= 0.6 is 0 Å². The van der Waals surface area contributed by atoms with Crippen LogP contribution in [0.5, 0.6) is 5.75 Å². The van der Waals surface area contributed by atoms with Crippen molar-refractivity contribution in [3.8, 4) is 17.9 Å². The molecule has 0 N–H and O–H groups in total. The van der Waals surface area contributed by atoms with Crippen LogP contribution in [0, 0.1) is 28.6 Å². The summed E-state index contributed by atoms with van der Waals surface area (Å²) < 4.78 is 4.98. The quantitative estimate of drug-likeness (QED) is 0.718. The van der Waals surface area contributed by atoms with Gasteiger partial charge in [-0.3, -0.25) is 4.79 Å². The molecule has 0 saturated heterocycles. The molecular weight excluding hydrogens is 204 g/mol. The Morgan fingerprint density at radius 1 is 1.44 bits per heavy atom. The Morgan fingerprint density at radius 2 is 2.12 bits per heavy atom. The molecule has 0 atom stereocenters. The van der Waals surface area contributed by atoms with Gasteiger partial charge in [0.15, 0.2) is 5.78 Å². The van der Waals surface area contributed by atoms with Gasteiger partial charge in [-0.1, -0.05) is 12.1 Å². The van der Waals surface area contributed by atoms with E-state index in [2.05, 4.69) is 0 Å². The van der Waals surface area contributed by atoms with Gasteiger partial charge in [-0.2, -0.15) is 10.5 Å². The maximum atomic E-state index is 11.7. The van der Waals surface area contributed by atoms with Crippen molar-refractivity contribution < 1.29 is 9.53 Å². The van der Waals surface area contributed by atoms with Crippen molar-refractivity contribution in [1.82, 2.24) is 0 Å². The summed E-state index contributed by atoms with van der Waals surface area (Å²) >= 11 is 0. The fourth-order valence-corrected chi connectivity index (χ4v) is 1.22. The first-order chi connectivity index (χ1) is 7.71. The topological polar surface area (TPSA) is 73.9 Å². The summed E-state index contributed by atoms with van der Waals surface area (Å²) in [6.07, 6.45) is -0.0832. The molecule has 4 heteroatoms. The molecule has 1 rings (SSSR count). The van der Waals surface area contributed by atoms with E-state index in [4.69, 9.17) is 15.3 Å². The number of hydrogen-bond acceptors (Lipinski definition) is 4. The first-order valence-electron chi connectivity index (χ1n) is 4.67. The lowest BCUT2D eigenvalue weighted by atomic mass is 10.0. The van der Waals surface area contributed by atoms with Crippen molar-refractivity contribution in [2.45, 2.75) is 6.42 Å². The third-order valence-electron chi connectivity index (χ3n) is 2.09. The maximum Gasteiger partial charge on any atom is 0.165 e. The van der Waals surface area contributed by atoms with Crippen LogP contribution in [0.1, 0.15) is 16.8 Å². The van der Waals surface area contributed by atoms with Crippen LogP contribution in [-0.4, -0.2) is 12.9 Å². The second-order valence-electron chi connectivity index (χ2n) is 3.17. The number of carbonyl (C=O) groups is 1. The van der Waals surface area contributed by atoms with E-state index in [0.29, 0.717) is 11.3 Å². The fraction of sp³-hybridized carbons (Fsp3) is 0.250. The summed E-state index contributed by atoms with van der Waals surface area (Å²) in [7, 11) is 1.51. The van der Waals surface area contributed by atoms with E-state index in [1.807, 2.05) is 0 Å². The monoisotopic (exact) mass is 214 g/mol. The van der Waals surface area contributed by atoms with Gasteiger partial charge >= 0.3 is 0 Å². The summed E-state index contributed by atoms with van der Waals surface area (Å²) in [6.45, 7) is 0. The molecule has 0 heterocycles. The average Bonchev–Trinajstić information content (AvgIpc) is 2.35. The number of methoxy groups -OCH3 is 1. The van der Waals surface area contributed by atoms with Gasteiger partial charge in [0.2, 0.25) is 0 Å². The van der Waals surface area contributed by atoms with Crippen LogP contribution in [-0.2, 0) is 0 Å². The minimum absolute atomic E-state index is 0.0832. The van der Waals surface area contributed by atoms with Crippen molar-refractivity contribution in [3.63, 3.8) is 0 Å². The molecule has 0 amide bonds. The second-order valence-corrected chi connectivity index (χ2v) is 3.17. The average molecular weight is 214 g/mol. The molecule has 0 aliphatic rings. The lowest BCUT2D eigenvalue weighted by Crippen LogP contribution is -2.05. The van der Waals surface area contributed by atoms with Crippen LogP contribution in [0.2, 0.25) is 0 Å². The zero-order chi connectivity index (χ0) is 12.0. The molecule has 0 bridgehead atoms. The van der Waals surface area contributed by atoms with Gasteiger partial charge < -0.3 is 4.74 Å². The van der Waals surface area contributed by atoms with E-state index >= 15 is 0 Å². The summed E-state index contributed by atoms with van der Waals surface area (Å²) in [4.78, 5) is 11.7. The van der Waals surface area contributed by atoms with E-state index in [9.17, 15) is 4.79 Å². The van der Waals surface area contributed by atoms with Crippen molar-refractivity contribution in [2.75, 3.05) is 7.11 Å². The molecule has 0 aromatic heterocycles. The number of Topliss-reactive ketones (excluding diaryl/α,β-unsaturated/α-hetero) is 1. The molecule has 80 valence electrons. The van der Waals surface area contributed by atoms with Crippen LogP contribution in [0.15, 0.2) is 24.3 Å². The van der Waals surface area contributed by atoms with Crippen LogP contribution in [0.4, 0.5) is 0 Å². The number of hydrogen-bond donors (Lipinski definition) is 0. The second kappa shape index (κ2) is 5.53. The number of rotatable bonds is 4. The van der Waals surface area contributed by atoms with Gasteiger partial charge in [0.25, 0.3) is 0 Å². The van der Waals surface area contributed by atoms with Crippen molar-refractivity contribution >= 4 is 5.78 Å². The van der Waals surface area contributed by atoms with Gasteiger partial charge in [-0.15, -0.1) is 0 Å². The van der Waals surface area contributed by atoms with Gasteiger partial charge in [0.1, 0.15) is 11.7 Å². The zero-order valence-electron chi connectivity index (χ0n) is 8.80. The highest BCUT2D eigenvalue weighted by molar-refractivity contribution is 5.96. The Hall–Kier alpha value is -2.33. The highest BCUT2D eigenvalue weighted by atomic mass is 16.5. The molecule has 0 fully saturated rings. The van der Waals surface area contributed by atoms with Crippen LogP contribution in [0.3, 0.4) is 0 Å². The lowest BCUT2D eigenvalue weighted by Gasteiger charge is -2.03. The Kier molecular flexibility index (Phi) is 4.06. The number of nitrogens with zero attached hydrogens (tertiary/aromatic N) is 2. The molecule has 0 radical (unpaired) electrons. The molecule has 0 spiro atoms. The Balaban J connectivity index is 2.82. The predicted octanol–water partition coefficient (Wildman–Crippen LogP) is 1.93. The number of ketones is 1. The van der Waals surface area contributed by atoms with E-state index in [-0.39, 0.29) is 12.2 Å². The minimum Gasteiger partial charge on any atom is -0.497 e. The highest BCUT2D eigenvalue weighted by Crippen LogP contribution is 2.15. The van der Waals surface area contributed by atoms with Crippen molar-refractivity contribution in [1.29, 1.82) is 10.5 Å². The minimum atomic E-state index is -0.890. The van der Waals surface area contributed by atoms with Gasteiger partial charge in [0, 0.05) is 12.0 Å². The van der Waals surface area contributed by atoms with Crippen LogP contribution in [0.25, 0.3) is 0 Å². The molecule has 0 unspecified atom stereocenters.